The van der Waals surface area contributed by atoms with Crippen LogP contribution < -0.4 is 0 Å². The van der Waals surface area contributed by atoms with Gasteiger partial charge in [0.05, 0.1) is 17.4 Å². The number of rotatable bonds is 2. The van der Waals surface area contributed by atoms with Crippen molar-refractivity contribution in [2.45, 2.75) is 31.3 Å². The number of ketones is 1. The summed E-state index contributed by atoms with van der Waals surface area (Å²) in [5.41, 5.74) is 0.323. The van der Waals surface area contributed by atoms with Crippen LogP contribution in [0.5, 0.6) is 0 Å². The summed E-state index contributed by atoms with van der Waals surface area (Å²) in [6.07, 6.45) is 4.71. The van der Waals surface area contributed by atoms with Gasteiger partial charge >= 0.3 is 0 Å². The van der Waals surface area contributed by atoms with Crippen molar-refractivity contribution in [3.05, 3.63) is 23.1 Å². The average Bonchev–Trinajstić information content (AvgIpc) is 2.85. The predicted octanol–water partition coefficient (Wildman–Crippen LogP) is 3.09. The summed E-state index contributed by atoms with van der Waals surface area (Å²) in [5, 5.41) is 0.192. The van der Waals surface area contributed by atoms with E-state index in [4.69, 9.17) is 25.5 Å². The van der Waals surface area contributed by atoms with Crippen LogP contribution >= 0.6 is 11.6 Å². The van der Waals surface area contributed by atoms with Crippen molar-refractivity contribution in [1.82, 2.24) is 0 Å². The van der Waals surface area contributed by atoms with Crippen molar-refractivity contribution in [1.29, 1.82) is 0 Å². The van der Waals surface area contributed by atoms with E-state index < -0.39 is 0 Å². The zero-order chi connectivity index (χ0) is 13.3. The molecule has 1 atom stereocenters. The van der Waals surface area contributed by atoms with Crippen molar-refractivity contribution in [2.24, 2.45) is 5.92 Å². The summed E-state index contributed by atoms with van der Waals surface area (Å²) >= 11 is 5.89. The van der Waals surface area contributed by atoms with Gasteiger partial charge in [0.25, 0.3) is 0 Å². The van der Waals surface area contributed by atoms with Crippen LogP contribution in [0, 0.1) is 5.92 Å². The fraction of sp³-hybridized carbons (Fsp3) is 0.643. The Balaban J connectivity index is 1.74. The molecule has 1 aromatic rings. The molecule has 104 valence electrons. The molecule has 1 spiro atoms. The molecule has 5 heteroatoms. The molecule has 0 saturated carbocycles. The number of hydrogen-bond donors (Lipinski definition) is 0. The van der Waals surface area contributed by atoms with E-state index >= 15 is 0 Å². The number of hydrogen-bond acceptors (Lipinski definition) is 4. The van der Waals surface area contributed by atoms with Crippen molar-refractivity contribution < 1.29 is 18.7 Å². The summed E-state index contributed by atoms with van der Waals surface area (Å²) in [6.45, 7) is 2.06. The van der Waals surface area contributed by atoms with E-state index in [-0.39, 0.29) is 22.5 Å². The van der Waals surface area contributed by atoms with Crippen molar-refractivity contribution in [2.75, 3.05) is 19.8 Å². The maximum Gasteiger partial charge on any atom is 0.203 e. The third kappa shape index (κ3) is 2.57. The molecule has 2 aliphatic rings. The van der Waals surface area contributed by atoms with Crippen LogP contribution in [0.15, 0.2) is 16.7 Å². The van der Waals surface area contributed by atoms with Gasteiger partial charge in [-0.15, -0.1) is 0 Å². The number of carbonyl (C=O) groups is 1. The van der Waals surface area contributed by atoms with Crippen LogP contribution in [0.3, 0.4) is 0 Å². The van der Waals surface area contributed by atoms with Crippen LogP contribution in [0.25, 0.3) is 0 Å². The Kier molecular flexibility index (Phi) is 3.65. The first kappa shape index (κ1) is 13.2. The zero-order valence-electron chi connectivity index (χ0n) is 10.7. The van der Waals surface area contributed by atoms with E-state index in [2.05, 4.69) is 0 Å². The summed E-state index contributed by atoms with van der Waals surface area (Å²) in [7, 11) is 0. The molecule has 1 aromatic heterocycles. The topological polar surface area (TPSA) is 48.7 Å². The third-order valence-corrected chi connectivity index (χ3v) is 4.44. The number of Topliss-reactive ketones (excluding diaryl/α,β-unsaturated/α-hetero) is 1. The molecule has 0 bridgehead atoms. The molecule has 0 radical (unpaired) electrons. The first-order chi connectivity index (χ1) is 9.20. The fourth-order valence-electron chi connectivity index (χ4n) is 3.03. The quantitative estimate of drug-likeness (QED) is 0.783. The molecule has 2 aliphatic heterocycles. The first-order valence-corrected chi connectivity index (χ1v) is 7.07. The lowest BCUT2D eigenvalue weighted by Gasteiger charge is -2.42. The van der Waals surface area contributed by atoms with Gasteiger partial charge in [0, 0.05) is 25.7 Å². The second-order valence-corrected chi connectivity index (χ2v) is 5.65. The average molecular weight is 285 g/mol. The lowest BCUT2D eigenvalue weighted by Crippen LogP contribution is -2.45. The van der Waals surface area contributed by atoms with Gasteiger partial charge in [-0.1, -0.05) is 0 Å². The molecule has 0 amide bonds. The fourth-order valence-corrected chi connectivity index (χ4v) is 3.24. The third-order valence-electron chi connectivity index (χ3n) is 4.15. The van der Waals surface area contributed by atoms with E-state index in [0.29, 0.717) is 25.4 Å². The Morgan fingerprint density at radius 1 is 1.32 bits per heavy atom. The van der Waals surface area contributed by atoms with E-state index in [9.17, 15) is 4.79 Å². The second kappa shape index (κ2) is 5.27. The largest absolute Gasteiger partial charge is 0.452 e. The van der Waals surface area contributed by atoms with E-state index in [1.54, 1.807) is 6.07 Å². The summed E-state index contributed by atoms with van der Waals surface area (Å²) < 4.78 is 16.3. The Bertz CT molecular complexity index is 456. The predicted molar refractivity (Wildman–Crippen MR) is 69.5 cm³/mol. The van der Waals surface area contributed by atoms with Crippen LogP contribution in [-0.4, -0.2) is 31.2 Å². The van der Waals surface area contributed by atoms with E-state index in [1.165, 1.54) is 6.26 Å². The molecule has 0 aromatic carbocycles. The zero-order valence-corrected chi connectivity index (χ0v) is 11.4. The molecule has 4 nitrogen and oxygen atoms in total. The number of furan rings is 1. The molecule has 2 fully saturated rings. The molecule has 2 saturated heterocycles. The van der Waals surface area contributed by atoms with Gasteiger partial charge in [-0.25, -0.2) is 0 Å². The Hall–Kier alpha value is -0.840. The minimum Gasteiger partial charge on any atom is -0.452 e. The van der Waals surface area contributed by atoms with Gasteiger partial charge in [-0.3, -0.25) is 4.79 Å². The highest BCUT2D eigenvalue weighted by atomic mass is 35.5. The minimum atomic E-state index is -0.174. The van der Waals surface area contributed by atoms with Gasteiger partial charge < -0.3 is 13.9 Å². The molecule has 3 rings (SSSR count). The molecule has 0 aliphatic carbocycles. The standard InChI is InChI=1S/C14H17ClO4/c15-13-11(2-5-18-13)12(16)10-1-6-19-14(9-10)3-7-17-8-4-14/h2,5,10H,1,3-4,6-9H2. The normalized spacial score (nSPS) is 26.5. The van der Waals surface area contributed by atoms with Gasteiger partial charge in [0.2, 0.25) is 5.22 Å². The number of halogens is 1. The lowest BCUT2D eigenvalue weighted by atomic mass is 9.78. The van der Waals surface area contributed by atoms with E-state index in [0.717, 1.165) is 25.7 Å². The SMILES string of the molecule is O=C(c1ccoc1Cl)C1CCOC2(CCOCC2)C1. The summed E-state index contributed by atoms with van der Waals surface area (Å²) in [5.74, 6) is 0.0508. The molecular formula is C14H17ClO4. The summed E-state index contributed by atoms with van der Waals surface area (Å²) in [4.78, 5) is 12.5. The van der Waals surface area contributed by atoms with Gasteiger partial charge in [0.1, 0.15) is 0 Å². The Labute approximate surface area is 117 Å². The highest BCUT2D eigenvalue weighted by molar-refractivity contribution is 6.32. The minimum absolute atomic E-state index is 0.0260. The van der Waals surface area contributed by atoms with Crippen LogP contribution in [-0.2, 0) is 9.47 Å². The molecule has 3 heterocycles. The maximum atomic E-state index is 12.5. The van der Waals surface area contributed by atoms with E-state index in [1.807, 2.05) is 0 Å². The van der Waals surface area contributed by atoms with Crippen LogP contribution in [0.1, 0.15) is 36.0 Å². The first-order valence-electron chi connectivity index (χ1n) is 6.69. The smallest absolute Gasteiger partial charge is 0.203 e. The maximum absolute atomic E-state index is 12.5. The second-order valence-electron chi connectivity index (χ2n) is 5.31. The Morgan fingerprint density at radius 2 is 2.11 bits per heavy atom. The number of ether oxygens (including phenoxy) is 2. The summed E-state index contributed by atoms with van der Waals surface area (Å²) in [6, 6.07) is 1.65. The lowest BCUT2D eigenvalue weighted by molar-refractivity contribution is -0.142. The van der Waals surface area contributed by atoms with Crippen LogP contribution in [0.4, 0.5) is 0 Å². The highest BCUT2D eigenvalue weighted by Crippen LogP contribution is 2.38. The van der Waals surface area contributed by atoms with Crippen molar-refractivity contribution in [3.8, 4) is 0 Å². The molecule has 0 N–H and O–H groups in total. The highest BCUT2D eigenvalue weighted by Gasteiger charge is 2.41. The monoisotopic (exact) mass is 284 g/mol. The van der Waals surface area contributed by atoms with Gasteiger partial charge in [0.15, 0.2) is 5.78 Å². The molecule has 19 heavy (non-hydrogen) atoms. The van der Waals surface area contributed by atoms with Gasteiger partial charge in [-0.2, -0.15) is 0 Å². The van der Waals surface area contributed by atoms with Gasteiger partial charge in [-0.05, 0) is 43.4 Å². The molecule has 1 unspecified atom stereocenters. The Morgan fingerprint density at radius 3 is 2.79 bits per heavy atom. The van der Waals surface area contributed by atoms with Crippen molar-refractivity contribution in [3.63, 3.8) is 0 Å². The van der Waals surface area contributed by atoms with Crippen molar-refractivity contribution >= 4 is 17.4 Å². The number of carbonyl (C=O) groups excluding carboxylic acids is 1. The molecular weight excluding hydrogens is 268 g/mol. The van der Waals surface area contributed by atoms with Crippen LogP contribution in [0.2, 0.25) is 5.22 Å².